The monoisotopic (exact) mass is 593 g/mol. The maximum Gasteiger partial charge on any atom is 0.426 e. The van der Waals surface area contributed by atoms with Gasteiger partial charge in [0.05, 0.1) is 24.4 Å². The molecule has 222 valence electrons. The van der Waals surface area contributed by atoms with Crippen molar-refractivity contribution in [3.8, 4) is 17.1 Å². The zero-order valence-electron chi connectivity index (χ0n) is 21.2. The minimum absolute atomic E-state index is 0.0574. The standard InChI is InChI=1S/C23H22F7N7O4/c1-21(40,23(28,29)30)20(39)36-4-3-13(24)14(8-36)35-18(38)11-5-10(7-32-19(11)41-2)15-6-12(22(25,26)27)16-17(31)33-9-34-37(15)16/h5-7,9,13-14,40H,3-4,8H2,1-2H3,(H,35,38)(H2,31,33,34)/t13-,14-,21-/m1/s1. The molecule has 0 unspecified atom stereocenters. The molecule has 1 fully saturated rings. The average molecular weight is 593 g/mol. The predicted molar refractivity (Wildman–Crippen MR) is 126 cm³/mol. The fourth-order valence-corrected chi connectivity index (χ4v) is 4.33. The normalized spacial score (nSPS) is 19.6. The Morgan fingerprint density at radius 2 is 1.85 bits per heavy atom. The highest BCUT2D eigenvalue weighted by atomic mass is 19.4. The van der Waals surface area contributed by atoms with Crippen molar-refractivity contribution in [3.63, 3.8) is 0 Å². The summed E-state index contributed by atoms with van der Waals surface area (Å²) in [6, 6.07) is 0.311. The molecule has 18 heteroatoms. The number of carbonyl (C=O) groups excluding carboxylic acids is 2. The van der Waals surface area contributed by atoms with Crippen molar-refractivity contribution < 1.29 is 50.2 Å². The summed E-state index contributed by atoms with van der Waals surface area (Å²) in [5.41, 5.74) is -0.394. The van der Waals surface area contributed by atoms with Crippen molar-refractivity contribution in [1.82, 2.24) is 29.8 Å². The molecule has 0 saturated carbocycles. The van der Waals surface area contributed by atoms with Crippen LogP contribution in [0.4, 0.5) is 36.6 Å². The fourth-order valence-electron chi connectivity index (χ4n) is 4.33. The number of amides is 2. The van der Waals surface area contributed by atoms with Gasteiger partial charge in [0.15, 0.2) is 5.82 Å². The van der Waals surface area contributed by atoms with E-state index in [2.05, 4.69) is 20.4 Å². The molecular weight excluding hydrogens is 571 g/mol. The molecule has 1 aliphatic heterocycles. The van der Waals surface area contributed by atoms with Crippen LogP contribution in [0.2, 0.25) is 0 Å². The van der Waals surface area contributed by atoms with E-state index >= 15 is 0 Å². The number of pyridine rings is 1. The average Bonchev–Trinajstić information content (AvgIpc) is 3.30. The molecule has 0 aliphatic carbocycles. The van der Waals surface area contributed by atoms with Crippen LogP contribution in [-0.2, 0) is 11.0 Å². The molecule has 1 saturated heterocycles. The van der Waals surface area contributed by atoms with Crippen LogP contribution in [0.1, 0.15) is 29.3 Å². The summed E-state index contributed by atoms with van der Waals surface area (Å²) in [5, 5.41) is 15.8. The molecular formula is C23H22F7N7O4. The van der Waals surface area contributed by atoms with Crippen LogP contribution in [0.15, 0.2) is 24.7 Å². The highest BCUT2D eigenvalue weighted by Crippen LogP contribution is 2.39. The van der Waals surface area contributed by atoms with Crippen LogP contribution in [0.3, 0.4) is 0 Å². The van der Waals surface area contributed by atoms with Gasteiger partial charge in [-0.15, -0.1) is 0 Å². The Kier molecular flexibility index (Phi) is 7.49. The molecule has 0 radical (unpaired) electrons. The number of nitrogens with zero attached hydrogens (tertiary/aromatic N) is 5. The maximum absolute atomic E-state index is 14.7. The van der Waals surface area contributed by atoms with E-state index in [1.54, 1.807) is 0 Å². The zero-order valence-corrected chi connectivity index (χ0v) is 21.2. The first-order chi connectivity index (χ1) is 19.0. The molecule has 1 aliphatic rings. The van der Waals surface area contributed by atoms with Crippen LogP contribution in [0, 0.1) is 0 Å². The number of nitrogens with two attached hydrogens (primary N) is 1. The Labute approximate surface area is 226 Å². The number of hydrogen-bond donors (Lipinski definition) is 3. The van der Waals surface area contributed by atoms with Gasteiger partial charge in [-0.2, -0.15) is 31.4 Å². The van der Waals surface area contributed by atoms with Crippen LogP contribution in [0.25, 0.3) is 16.8 Å². The second-order valence-corrected chi connectivity index (χ2v) is 9.33. The zero-order chi connectivity index (χ0) is 30.5. The number of piperidine rings is 1. The molecule has 0 aromatic carbocycles. The number of nitrogen functional groups attached to an aromatic ring is 1. The summed E-state index contributed by atoms with van der Waals surface area (Å²) >= 11 is 0. The van der Waals surface area contributed by atoms with E-state index in [1.165, 1.54) is 0 Å². The molecule has 3 atom stereocenters. The first-order valence-corrected chi connectivity index (χ1v) is 11.7. The largest absolute Gasteiger partial charge is 0.480 e. The number of halogens is 7. The van der Waals surface area contributed by atoms with E-state index < -0.39 is 78.4 Å². The molecule has 0 bridgehead atoms. The maximum atomic E-state index is 14.7. The van der Waals surface area contributed by atoms with Crippen molar-refractivity contribution in [2.24, 2.45) is 0 Å². The smallest absolute Gasteiger partial charge is 0.426 e. The molecule has 4 heterocycles. The fraction of sp³-hybridized carbons (Fsp3) is 0.435. The summed E-state index contributed by atoms with van der Waals surface area (Å²) in [5.74, 6) is -3.55. The predicted octanol–water partition coefficient (Wildman–Crippen LogP) is 2.38. The van der Waals surface area contributed by atoms with E-state index in [1.807, 2.05) is 0 Å². The van der Waals surface area contributed by atoms with Crippen molar-refractivity contribution in [1.29, 1.82) is 0 Å². The number of fused-ring (bicyclic) bond motifs is 1. The number of carbonyl (C=O) groups is 2. The molecule has 0 spiro atoms. The van der Waals surface area contributed by atoms with Gasteiger partial charge in [-0.3, -0.25) is 9.59 Å². The summed E-state index contributed by atoms with van der Waals surface area (Å²) in [7, 11) is 1.14. The first-order valence-electron chi connectivity index (χ1n) is 11.7. The molecule has 4 N–H and O–H groups in total. The van der Waals surface area contributed by atoms with E-state index in [0.29, 0.717) is 4.90 Å². The van der Waals surface area contributed by atoms with Crippen LogP contribution in [0.5, 0.6) is 5.88 Å². The number of aliphatic hydroxyl groups is 1. The molecule has 3 aromatic rings. The van der Waals surface area contributed by atoms with Gasteiger partial charge in [-0.25, -0.2) is 18.9 Å². The van der Waals surface area contributed by atoms with Crippen molar-refractivity contribution in [2.75, 3.05) is 25.9 Å². The Morgan fingerprint density at radius 1 is 1.17 bits per heavy atom. The highest BCUT2D eigenvalue weighted by molar-refractivity contribution is 5.98. The van der Waals surface area contributed by atoms with Gasteiger partial charge in [0, 0.05) is 24.8 Å². The number of ether oxygens (including phenoxy) is 1. The summed E-state index contributed by atoms with van der Waals surface area (Å²) in [6.07, 6.45) is -10.4. The topological polar surface area (TPSA) is 148 Å². The minimum atomic E-state index is -5.31. The number of rotatable bonds is 5. The van der Waals surface area contributed by atoms with Crippen molar-refractivity contribution in [2.45, 2.75) is 43.5 Å². The summed E-state index contributed by atoms with van der Waals surface area (Å²) in [6.45, 7) is -0.894. The third-order valence-electron chi connectivity index (χ3n) is 6.57. The quantitative estimate of drug-likeness (QED) is 0.382. The van der Waals surface area contributed by atoms with Gasteiger partial charge >= 0.3 is 12.4 Å². The Hall–Kier alpha value is -4.22. The van der Waals surface area contributed by atoms with Crippen LogP contribution >= 0.6 is 0 Å². The molecule has 2 amide bonds. The van der Waals surface area contributed by atoms with Gasteiger partial charge in [0.2, 0.25) is 11.5 Å². The lowest BCUT2D eigenvalue weighted by atomic mass is 9.98. The second kappa shape index (κ2) is 10.3. The Morgan fingerprint density at radius 3 is 2.46 bits per heavy atom. The van der Waals surface area contributed by atoms with Crippen molar-refractivity contribution in [3.05, 3.63) is 35.8 Å². The van der Waals surface area contributed by atoms with Crippen LogP contribution < -0.4 is 15.8 Å². The third kappa shape index (κ3) is 5.42. The van der Waals surface area contributed by atoms with Gasteiger partial charge in [0.25, 0.3) is 11.8 Å². The third-order valence-corrected chi connectivity index (χ3v) is 6.57. The summed E-state index contributed by atoms with van der Waals surface area (Å²) < 4.78 is 101. The number of nitrogens with one attached hydrogen (secondary N) is 1. The number of likely N-dealkylation sites (tertiary alicyclic amines) is 1. The van der Waals surface area contributed by atoms with E-state index in [-0.39, 0.29) is 29.6 Å². The Balaban J connectivity index is 1.67. The van der Waals surface area contributed by atoms with E-state index in [4.69, 9.17) is 10.5 Å². The molecule has 3 aromatic heterocycles. The number of hydrogen-bond acceptors (Lipinski definition) is 8. The lowest BCUT2D eigenvalue weighted by Crippen LogP contribution is -2.62. The number of aromatic nitrogens is 4. The summed E-state index contributed by atoms with van der Waals surface area (Å²) in [4.78, 5) is 33.6. The van der Waals surface area contributed by atoms with E-state index in [9.17, 15) is 45.4 Å². The van der Waals surface area contributed by atoms with Crippen molar-refractivity contribution >= 4 is 23.1 Å². The first kappa shape index (κ1) is 29.8. The van der Waals surface area contributed by atoms with Gasteiger partial charge in [0.1, 0.15) is 23.6 Å². The number of anilines is 1. The SMILES string of the molecule is COc1ncc(-c2cc(C(F)(F)F)c3c(N)ncnn23)cc1C(=O)N[C@@H]1CN(C(=O)[C@@](C)(O)C(F)(F)F)CC[C@H]1F. The molecule has 41 heavy (non-hydrogen) atoms. The highest BCUT2D eigenvalue weighted by Gasteiger charge is 2.57. The lowest BCUT2D eigenvalue weighted by Gasteiger charge is -2.39. The molecule has 11 nitrogen and oxygen atoms in total. The van der Waals surface area contributed by atoms with Gasteiger partial charge in [-0.1, -0.05) is 0 Å². The van der Waals surface area contributed by atoms with Gasteiger partial charge < -0.3 is 25.8 Å². The lowest BCUT2D eigenvalue weighted by molar-refractivity contribution is -0.250. The molecule has 4 rings (SSSR count). The minimum Gasteiger partial charge on any atom is -0.480 e. The number of alkyl halides is 7. The van der Waals surface area contributed by atoms with Crippen LogP contribution in [-0.4, -0.2) is 85.6 Å². The number of methoxy groups -OCH3 is 1. The second-order valence-electron chi connectivity index (χ2n) is 9.33. The van der Waals surface area contributed by atoms with E-state index in [0.717, 1.165) is 36.3 Å². The van der Waals surface area contributed by atoms with Gasteiger partial charge in [-0.05, 0) is 25.5 Å². The Bertz CT molecular complexity index is 1490.